The van der Waals surface area contributed by atoms with Crippen LogP contribution in [0, 0.1) is 6.92 Å². The molecule has 0 saturated heterocycles. The van der Waals surface area contributed by atoms with Crippen molar-refractivity contribution in [2.45, 2.75) is 45.4 Å². The van der Waals surface area contributed by atoms with E-state index in [2.05, 4.69) is 26.0 Å². The predicted octanol–water partition coefficient (Wildman–Crippen LogP) is 0.351. The first-order valence-electron chi connectivity index (χ1n) is 6.01. The molecule has 0 spiro atoms. The van der Waals surface area contributed by atoms with Crippen LogP contribution in [0.2, 0.25) is 0 Å². The fourth-order valence-corrected chi connectivity index (χ4v) is 1.19. The Kier molecular flexibility index (Phi) is 30.0. The van der Waals surface area contributed by atoms with Crippen molar-refractivity contribution in [3.63, 3.8) is 0 Å². The van der Waals surface area contributed by atoms with Crippen LogP contribution >= 0.6 is 0 Å². The summed E-state index contributed by atoms with van der Waals surface area (Å²) in [5, 5.41) is 0. The SMILES string of the molecule is [Br-].[CH2-]C/C=C/CCOCOCCCCCC.[Mg+2]. The molecule has 0 aliphatic heterocycles. The molecule has 17 heavy (non-hydrogen) atoms. The molecule has 0 N–H and O–H groups in total. The Hall–Kier alpha value is 0.906. The van der Waals surface area contributed by atoms with Crippen molar-refractivity contribution in [3.05, 3.63) is 19.1 Å². The summed E-state index contributed by atoms with van der Waals surface area (Å²) in [5.41, 5.74) is 0. The first-order chi connectivity index (χ1) is 7.41. The molecule has 0 bridgehead atoms. The van der Waals surface area contributed by atoms with E-state index in [-0.39, 0.29) is 40.0 Å². The minimum Gasteiger partial charge on any atom is -1.00 e. The molecule has 0 unspecified atom stereocenters. The summed E-state index contributed by atoms with van der Waals surface area (Å²) in [4.78, 5) is 0. The number of allylic oxidation sites excluding steroid dienone is 1. The number of ether oxygens (including phenoxy) is 2. The average Bonchev–Trinajstić information content (AvgIpc) is 2.26. The van der Waals surface area contributed by atoms with Gasteiger partial charge in [0, 0.05) is 6.61 Å². The maximum absolute atomic E-state index is 5.33. The van der Waals surface area contributed by atoms with Crippen molar-refractivity contribution < 1.29 is 26.5 Å². The molecule has 98 valence electrons. The number of halogens is 1. The maximum Gasteiger partial charge on any atom is 2.00 e. The summed E-state index contributed by atoms with van der Waals surface area (Å²) < 4.78 is 10.6. The van der Waals surface area contributed by atoms with E-state index in [4.69, 9.17) is 9.47 Å². The molecule has 0 amide bonds. The number of hydrogen-bond donors (Lipinski definition) is 0. The molecule has 0 radical (unpaired) electrons. The van der Waals surface area contributed by atoms with Gasteiger partial charge in [0.25, 0.3) is 0 Å². The van der Waals surface area contributed by atoms with Crippen molar-refractivity contribution in [3.8, 4) is 0 Å². The monoisotopic (exact) mass is 316 g/mol. The van der Waals surface area contributed by atoms with Crippen molar-refractivity contribution in [1.82, 2.24) is 0 Å². The van der Waals surface area contributed by atoms with Gasteiger partial charge in [-0.25, -0.2) is 0 Å². The summed E-state index contributed by atoms with van der Waals surface area (Å²) in [6.07, 6.45) is 10.9. The smallest absolute Gasteiger partial charge is 1.00 e. The number of hydrogen-bond acceptors (Lipinski definition) is 2. The zero-order valence-corrected chi connectivity index (χ0v) is 14.1. The van der Waals surface area contributed by atoms with E-state index < -0.39 is 0 Å². The fraction of sp³-hybridized carbons (Fsp3) is 0.769. The summed E-state index contributed by atoms with van der Waals surface area (Å²) in [6.45, 7) is 7.93. The molecule has 0 aliphatic carbocycles. The molecule has 0 aromatic rings. The molecule has 0 aromatic carbocycles. The molecule has 0 aromatic heterocycles. The Balaban J connectivity index is -0.000000980. The molecule has 0 aliphatic rings. The molecule has 0 atom stereocenters. The van der Waals surface area contributed by atoms with E-state index in [1.807, 2.05) is 0 Å². The van der Waals surface area contributed by atoms with Gasteiger partial charge in [0.15, 0.2) is 0 Å². The Morgan fingerprint density at radius 3 is 2.35 bits per heavy atom. The van der Waals surface area contributed by atoms with Crippen molar-refractivity contribution in [2.24, 2.45) is 0 Å². The molecule has 0 fully saturated rings. The van der Waals surface area contributed by atoms with Crippen LogP contribution in [-0.4, -0.2) is 43.1 Å². The molecular weight excluding hydrogens is 292 g/mol. The van der Waals surface area contributed by atoms with Gasteiger partial charge in [-0.05, 0) is 12.8 Å². The van der Waals surface area contributed by atoms with Gasteiger partial charge in [0.2, 0.25) is 0 Å². The Morgan fingerprint density at radius 2 is 1.71 bits per heavy atom. The third kappa shape index (κ3) is 22.6. The molecule has 0 saturated carbocycles. The van der Waals surface area contributed by atoms with Crippen LogP contribution in [0.3, 0.4) is 0 Å². The predicted molar refractivity (Wildman–Crippen MR) is 70.4 cm³/mol. The van der Waals surface area contributed by atoms with Crippen LogP contribution in [0.4, 0.5) is 0 Å². The molecule has 4 heteroatoms. The van der Waals surface area contributed by atoms with Crippen molar-refractivity contribution in [1.29, 1.82) is 0 Å². The molecule has 2 nitrogen and oxygen atoms in total. The second kappa shape index (κ2) is 22.1. The van der Waals surface area contributed by atoms with E-state index in [0.29, 0.717) is 6.79 Å². The van der Waals surface area contributed by atoms with Crippen LogP contribution in [0.15, 0.2) is 12.2 Å². The minimum atomic E-state index is 0. The molecular formula is C13H25BrMgO2. The normalized spacial score (nSPS) is 10.0. The minimum absolute atomic E-state index is 0. The number of unbranched alkanes of at least 4 members (excludes halogenated alkanes) is 3. The first-order valence-corrected chi connectivity index (χ1v) is 6.01. The average molecular weight is 318 g/mol. The third-order valence-corrected chi connectivity index (χ3v) is 2.07. The van der Waals surface area contributed by atoms with E-state index in [1.165, 1.54) is 19.3 Å². The van der Waals surface area contributed by atoms with Crippen LogP contribution < -0.4 is 17.0 Å². The van der Waals surface area contributed by atoms with Gasteiger partial charge < -0.3 is 33.4 Å². The van der Waals surface area contributed by atoms with E-state index in [1.54, 1.807) is 0 Å². The zero-order valence-electron chi connectivity index (χ0n) is 11.1. The van der Waals surface area contributed by atoms with Gasteiger partial charge in [-0.2, -0.15) is 6.42 Å². The van der Waals surface area contributed by atoms with Gasteiger partial charge in [-0.15, -0.1) is 6.08 Å². The summed E-state index contributed by atoms with van der Waals surface area (Å²) in [6, 6.07) is 0. The van der Waals surface area contributed by atoms with Crippen molar-refractivity contribution in [2.75, 3.05) is 20.0 Å². The fourth-order valence-electron chi connectivity index (χ4n) is 1.19. The van der Waals surface area contributed by atoms with Crippen LogP contribution in [0.5, 0.6) is 0 Å². The van der Waals surface area contributed by atoms with Crippen LogP contribution in [0.1, 0.15) is 45.4 Å². The summed E-state index contributed by atoms with van der Waals surface area (Å²) in [5.74, 6) is 0. The van der Waals surface area contributed by atoms with Gasteiger partial charge in [-0.3, -0.25) is 0 Å². The van der Waals surface area contributed by atoms with E-state index in [0.717, 1.165) is 32.5 Å². The summed E-state index contributed by atoms with van der Waals surface area (Å²) >= 11 is 0. The Bertz CT molecular complexity index is 143. The standard InChI is InChI=1S/C13H25O2.BrH.Mg/c1-3-5-7-9-11-14-13-15-12-10-8-6-4-2;;/h5,7H,1,3-4,6,8-13H2,2H3;1H;/q-1;;+2/p-1/b7-5+;;. The Morgan fingerprint density at radius 1 is 1.00 bits per heavy atom. The molecule has 0 rings (SSSR count). The van der Waals surface area contributed by atoms with Gasteiger partial charge in [0.1, 0.15) is 6.79 Å². The third-order valence-electron chi connectivity index (χ3n) is 2.07. The van der Waals surface area contributed by atoms with Gasteiger partial charge in [0.05, 0.1) is 6.61 Å². The van der Waals surface area contributed by atoms with Crippen LogP contribution in [0.25, 0.3) is 0 Å². The molecule has 0 heterocycles. The topological polar surface area (TPSA) is 18.5 Å². The number of rotatable bonds is 11. The maximum atomic E-state index is 5.33. The Labute approximate surface area is 133 Å². The van der Waals surface area contributed by atoms with Crippen LogP contribution in [-0.2, 0) is 9.47 Å². The quantitative estimate of drug-likeness (QED) is 0.180. The second-order valence-corrected chi connectivity index (χ2v) is 3.54. The summed E-state index contributed by atoms with van der Waals surface area (Å²) in [7, 11) is 0. The van der Waals surface area contributed by atoms with Gasteiger partial charge in [-0.1, -0.05) is 32.3 Å². The van der Waals surface area contributed by atoms with E-state index >= 15 is 0 Å². The second-order valence-electron chi connectivity index (χ2n) is 3.54. The zero-order chi connectivity index (χ0) is 11.2. The van der Waals surface area contributed by atoms with Gasteiger partial charge >= 0.3 is 23.1 Å². The largest absolute Gasteiger partial charge is 2.00 e. The van der Waals surface area contributed by atoms with E-state index in [9.17, 15) is 0 Å². The first kappa shape index (κ1) is 23.0. The van der Waals surface area contributed by atoms with Crippen molar-refractivity contribution >= 4 is 23.1 Å².